The van der Waals surface area contributed by atoms with Gasteiger partial charge in [0, 0.05) is 19.3 Å². The highest BCUT2D eigenvalue weighted by Gasteiger charge is 2.19. The fourth-order valence-electron chi connectivity index (χ4n) is 9.02. The molecule has 0 spiro atoms. The number of ether oxygens (including phenoxy) is 3. The van der Waals surface area contributed by atoms with Gasteiger partial charge in [-0.15, -0.1) is 0 Å². The smallest absolute Gasteiger partial charge is 0.306 e. The van der Waals surface area contributed by atoms with Gasteiger partial charge in [-0.25, -0.2) is 0 Å². The van der Waals surface area contributed by atoms with Gasteiger partial charge in [-0.1, -0.05) is 294 Å². The van der Waals surface area contributed by atoms with Gasteiger partial charge in [-0.2, -0.15) is 0 Å². The lowest BCUT2D eigenvalue weighted by Crippen LogP contribution is -2.30. The molecule has 0 fully saturated rings. The number of unbranched alkanes of at least 4 members (excludes halogenated alkanes) is 37. The van der Waals surface area contributed by atoms with Crippen LogP contribution in [-0.2, 0) is 28.6 Å². The van der Waals surface area contributed by atoms with Crippen LogP contribution in [0.15, 0.2) is 48.6 Å². The van der Waals surface area contributed by atoms with E-state index in [4.69, 9.17) is 14.2 Å². The summed E-state index contributed by atoms with van der Waals surface area (Å²) >= 11 is 0. The van der Waals surface area contributed by atoms with Crippen molar-refractivity contribution in [3.63, 3.8) is 0 Å². The molecule has 0 saturated heterocycles. The summed E-state index contributed by atoms with van der Waals surface area (Å²) in [5.74, 6) is -0.849. The lowest BCUT2D eigenvalue weighted by Gasteiger charge is -2.18. The molecule has 0 amide bonds. The van der Waals surface area contributed by atoms with E-state index >= 15 is 0 Å². The Kier molecular flexibility index (Phi) is 56.7. The minimum atomic E-state index is -0.767. The van der Waals surface area contributed by atoms with Crippen molar-refractivity contribution in [2.75, 3.05) is 13.2 Å². The number of esters is 3. The van der Waals surface area contributed by atoms with E-state index in [0.717, 1.165) is 83.5 Å². The van der Waals surface area contributed by atoms with E-state index in [0.29, 0.717) is 19.3 Å². The quantitative estimate of drug-likeness (QED) is 0.0261. The van der Waals surface area contributed by atoms with E-state index in [9.17, 15) is 14.4 Å². The van der Waals surface area contributed by atoms with Gasteiger partial charge >= 0.3 is 17.9 Å². The van der Waals surface area contributed by atoms with Gasteiger partial charge in [0.2, 0.25) is 0 Å². The molecule has 0 aliphatic carbocycles. The van der Waals surface area contributed by atoms with Crippen molar-refractivity contribution in [2.45, 2.75) is 329 Å². The Morgan fingerprint density at radius 2 is 0.557 bits per heavy atom. The average molecular weight is 982 g/mol. The molecule has 0 N–H and O–H groups in total. The summed E-state index contributed by atoms with van der Waals surface area (Å²) in [6.45, 7) is 6.56. The number of carbonyl (C=O) groups is 3. The first-order chi connectivity index (χ1) is 34.5. The van der Waals surface area contributed by atoms with Crippen LogP contribution in [0.5, 0.6) is 0 Å². The molecule has 0 heterocycles. The topological polar surface area (TPSA) is 78.9 Å². The molecule has 6 nitrogen and oxygen atoms in total. The van der Waals surface area contributed by atoms with Crippen LogP contribution in [0.1, 0.15) is 323 Å². The Morgan fingerprint density at radius 1 is 0.300 bits per heavy atom. The predicted molar refractivity (Wildman–Crippen MR) is 302 cm³/mol. The summed E-state index contributed by atoms with van der Waals surface area (Å²) in [4.78, 5) is 38.1. The molecule has 0 radical (unpaired) electrons. The standard InChI is InChI=1S/C64H116O6/c1-4-7-10-13-16-19-22-25-26-27-28-29-30-31-32-33-34-35-36-37-38-40-42-45-48-51-54-57-63(66)69-60-61(59-68-62(65)56-53-50-47-44-41-24-21-18-15-12-9-6-3)70-64(67)58-55-52-49-46-43-39-23-20-17-14-11-8-5-2/h7,10,16,19,25-26,28-29,61H,4-6,8-9,11-15,17-18,20-24,27,30-60H2,1-3H3/b10-7-,19-16-,26-25-,29-28-. The van der Waals surface area contributed by atoms with E-state index in [1.165, 1.54) is 199 Å². The number of hydrogen-bond donors (Lipinski definition) is 0. The molecule has 70 heavy (non-hydrogen) atoms. The highest BCUT2D eigenvalue weighted by molar-refractivity contribution is 5.71. The maximum absolute atomic E-state index is 12.8. The van der Waals surface area contributed by atoms with Crippen molar-refractivity contribution in [3.05, 3.63) is 48.6 Å². The van der Waals surface area contributed by atoms with E-state index < -0.39 is 6.10 Å². The van der Waals surface area contributed by atoms with Gasteiger partial charge in [-0.05, 0) is 57.8 Å². The van der Waals surface area contributed by atoms with Gasteiger partial charge in [0.05, 0.1) is 0 Å². The third-order valence-corrected chi connectivity index (χ3v) is 13.6. The molecule has 1 atom stereocenters. The second-order valence-electron chi connectivity index (χ2n) is 20.6. The van der Waals surface area contributed by atoms with Gasteiger partial charge in [0.1, 0.15) is 13.2 Å². The van der Waals surface area contributed by atoms with E-state index in [1.807, 2.05) is 0 Å². The molecule has 0 aromatic rings. The summed E-state index contributed by atoms with van der Waals surface area (Å²) in [5, 5.41) is 0. The van der Waals surface area contributed by atoms with E-state index in [-0.39, 0.29) is 31.1 Å². The first kappa shape index (κ1) is 67.4. The summed E-state index contributed by atoms with van der Waals surface area (Å²) in [5.41, 5.74) is 0. The van der Waals surface area contributed by atoms with Crippen LogP contribution in [0.25, 0.3) is 0 Å². The van der Waals surface area contributed by atoms with Crippen LogP contribution >= 0.6 is 0 Å². The lowest BCUT2D eigenvalue weighted by molar-refractivity contribution is -0.167. The molecule has 0 aliphatic heterocycles. The first-order valence-electron chi connectivity index (χ1n) is 30.6. The number of allylic oxidation sites excluding steroid dienone is 8. The Labute approximate surface area is 435 Å². The van der Waals surface area contributed by atoms with Crippen LogP contribution in [0.3, 0.4) is 0 Å². The van der Waals surface area contributed by atoms with Gasteiger partial charge in [0.15, 0.2) is 6.10 Å². The number of hydrogen-bond acceptors (Lipinski definition) is 6. The van der Waals surface area contributed by atoms with Crippen molar-refractivity contribution in [3.8, 4) is 0 Å². The summed E-state index contributed by atoms with van der Waals surface area (Å²) < 4.78 is 16.9. The Morgan fingerprint density at radius 3 is 0.871 bits per heavy atom. The molecule has 0 saturated carbocycles. The monoisotopic (exact) mass is 981 g/mol. The van der Waals surface area contributed by atoms with Crippen LogP contribution in [0, 0.1) is 0 Å². The summed E-state index contributed by atoms with van der Waals surface area (Å²) in [6, 6.07) is 0. The molecular formula is C64H116O6. The minimum Gasteiger partial charge on any atom is -0.462 e. The van der Waals surface area contributed by atoms with Crippen LogP contribution in [-0.4, -0.2) is 37.2 Å². The molecule has 6 heteroatoms. The third-order valence-electron chi connectivity index (χ3n) is 13.6. The lowest BCUT2D eigenvalue weighted by atomic mass is 10.0. The molecule has 1 unspecified atom stereocenters. The van der Waals surface area contributed by atoms with Crippen LogP contribution < -0.4 is 0 Å². The molecular weight excluding hydrogens is 865 g/mol. The third kappa shape index (κ3) is 56.3. The van der Waals surface area contributed by atoms with Crippen LogP contribution in [0.2, 0.25) is 0 Å². The van der Waals surface area contributed by atoms with E-state index in [1.54, 1.807) is 0 Å². The van der Waals surface area contributed by atoms with Crippen LogP contribution in [0.4, 0.5) is 0 Å². The number of carbonyl (C=O) groups excluding carboxylic acids is 3. The SMILES string of the molecule is CC/C=C\C/C=C\C/C=C\C/C=C\CCCCCCCCCCCCCCCCC(=O)OCC(COC(=O)CCCCCCCCCCCCCC)OC(=O)CCCCCCCCCCCCCCC. The highest BCUT2D eigenvalue weighted by Crippen LogP contribution is 2.17. The maximum atomic E-state index is 12.8. The maximum Gasteiger partial charge on any atom is 0.306 e. The minimum absolute atomic E-state index is 0.0670. The Hall–Kier alpha value is -2.63. The fraction of sp³-hybridized carbons (Fsp3) is 0.828. The predicted octanol–water partition coefficient (Wildman–Crippen LogP) is 20.6. The van der Waals surface area contributed by atoms with Gasteiger partial charge in [0.25, 0.3) is 0 Å². The largest absolute Gasteiger partial charge is 0.462 e. The molecule has 0 aromatic carbocycles. The first-order valence-corrected chi connectivity index (χ1v) is 30.6. The van der Waals surface area contributed by atoms with Gasteiger partial charge < -0.3 is 14.2 Å². The second-order valence-corrected chi connectivity index (χ2v) is 20.6. The summed E-state index contributed by atoms with van der Waals surface area (Å²) in [6.07, 6.45) is 72.6. The molecule has 0 bridgehead atoms. The zero-order valence-electron chi connectivity index (χ0n) is 46.8. The molecule has 408 valence electrons. The highest BCUT2D eigenvalue weighted by atomic mass is 16.6. The van der Waals surface area contributed by atoms with Crippen molar-refractivity contribution < 1.29 is 28.6 Å². The number of rotatable bonds is 56. The fourth-order valence-corrected chi connectivity index (χ4v) is 9.02. The molecule has 0 aromatic heterocycles. The van der Waals surface area contributed by atoms with Crippen molar-refractivity contribution >= 4 is 17.9 Å². The normalized spacial score (nSPS) is 12.3. The van der Waals surface area contributed by atoms with Crippen molar-refractivity contribution in [1.82, 2.24) is 0 Å². The average Bonchev–Trinajstić information content (AvgIpc) is 3.36. The zero-order valence-corrected chi connectivity index (χ0v) is 46.8. The van der Waals surface area contributed by atoms with E-state index in [2.05, 4.69) is 69.4 Å². The van der Waals surface area contributed by atoms with Crippen molar-refractivity contribution in [1.29, 1.82) is 0 Å². The zero-order chi connectivity index (χ0) is 50.7. The molecule has 0 rings (SSSR count). The van der Waals surface area contributed by atoms with Gasteiger partial charge in [-0.3, -0.25) is 14.4 Å². The Bertz CT molecular complexity index is 1220. The van der Waals surface area contributed by atoms with Crippen molar-refractivity contribution in [2.24, 2.45) is 0 Å². The second kappa shape index (κ2) is 58.9. The Balaban J connectivity index is 4.17. The summed E-state index contributed by atoms with van der Waals surface area (Å²) in [7, 11) is 0. The molecule has 0 aliphatic rings.